The number of urea groups is 1. The van der Waals surface area contributed by atoms with Crippen LogP contribution in [0.25, 0.3) is 0 Å². The van der Waals surface area contributed by atoms with Crippen LogP contribution in [-0.4, -0.2) is 55.7 Å². The number of nitrogens with zero attached hydrogens (tertiary/aromatic N) is 2. The molecule has 1 aromatic carbocycles. The predicted octanol–water partition coefficient (Wildman–Crippen LogP) is 2.94. The van der Waals surface area contributed by atoms with Crippen LogP contribution < -0.4 is 10.2 Å². The molecule has 3 fully saturated rings. The monoisotopic (exact) mass is 371 g/mol. The third-order valence-electron chi connectivity index (χ3n) is 6.87. The lowest BCUT2D eigenvalue weighted by Gasteiger charge is -2.63. The Morgan fingerprint density at radius 1 is 1.41 bits per heavy atom. The van der Waals surface area contributed by atoms with Gasteiger partial charge in [-0.3, -0.25) is 9.69 Å². The molecule has 2 atom stereocenters. The fourth-order valence-electron chi connectivity index (χ4n) is 5.13. The number of hydrogen-bond donors (Lipinski definition) is 1. The number of benzene rings is 1. The smallest absolute Gasteiger partial charge is 0.322 e. The van der Waals surface area contributed by atoms with Crippen molar-refractivity contribution in [2.45, 2.75) is 51.7 Å². The fraction of sp³-hybridized carbons (Fsp3) is 0.619. The topological polar surface area (TPSA) is 61.9 Å². The summed E-state index contributed by atoms with van der Waals surface area (Å²) in [6.07, 6.45) is 4.72. The van der Waals surface area contributed by atoms with Gasteiger partial charge in [-0.25, -0.2) is 4.79 Å². The summed E-state index contributed by atoms with van der Waals surface area (Å²) in [5.74, 6) is 0.0418. The van der Waals surface area contributed by atoms with Crippen LogP contribution in [0.15, 0.2) is 18.2 Å². The van der Waals surface area contributed by atoms with Crippen LogP contribution in [0, 0.1) is 12.3 Å². The Hall–Kier alpha value is -2.08. The molecule has 0 unspecified atom stereocenters. The molecular formula is C21H29N3O3. The molecule has 2 aliphatic carbocycles. The first kappa shape index (κ1) is 18.3. The van der Waals surface area contributed by atoms with Crippen molar-refractivity contribution in [2.24, 2.45) is 5.41 Å². The van der Waals surface area contributed by atoms with Gasteiger partial charge < -0.3 is 15.0 Å². The summed E-state index contributed by atoms with van der Waals surface area (Å²) in [5.41, 5.74) is 2.53. The first-order valence-electron chi connectivity index (χ1n) is 10.0. The van der Waals surface area contributed by atoms with Gasteiger partial charge in [-0.15, -0.1) is 0 Å². The second-order valence-electron chi connectivity index (χ2n) is 8.03. The summed E-state index contributed by atoms with van der Waals surface area (Å²) in [6, 6.07) is 5.81. The van der Waals surface area contributed by atoms with Crippen molar-refractivity contribution >= 4 is 17.6 Å². The van der Waals surface area contributed by atoms with Crippen molar-refractivity contribution < 1.29 is 14.3 Å². The number of hydrogen-bond acceptors (Lipinski definition) is 3. The van der Waals surface area contributed by atoms with Crippen LogP contribution in [-0.2, 0) is 4.74 Å². The second kappa shape index (κ2) is 6.82. The number of nitrogens with one attached hydrogen (secondary N) is 1. The first-order chi connectivity index (χ1) is 13.0. The molecular weight excluding hydrogens is 342 g/mol. The normalized spacial score (nSPS) is 25.7. The van der Waals surface area contributed by atoms with Gasteiger partial charge >= 0.3 is 6.03 Å². The zero-order chi connectivity index (χ0) is 19.2. The Morgan fingerprint density at radius 3 is 2.78 bits per heavy atom. The minimum atomic E-state index is -0.0944. The van der Waals surface area contributed by atoms with Crippen LogP contribution in [0.1, 0.15) is 48.5 Å². The molecule has 27 heavy (non-hydrogen) atoms. The second-order valence-corrected chi connectivity index (χ2v) is 8.03. The summed E-state index contributed by atoms with van der Waals surface area (Å²) in [6.45, 7) is 5.98. The Kier molecular flexibility index (Phi) is 4.62. The highest BCUT2D eigenvalue weighted by Crippen LogP contribution is 2.59. The largest absolute Gasteiger partial charge is 0.378 e. The van der Waals surface area contributed by atoms with E-state index in [1.807, 2.05) is 44.0 Å². The molecule has 1 aromatic rings. The van der Waals surface area contributed by atoms with E-state index in [1.54, 1.807) is 4.90 Å². The SMILES string of the molecule is CCO[C@@H]1C[C@H](N(C)C(=O)c2cccc(N3CCNC3=O)c2C)C12CCC2. The molecule has 3 amide bonds. The van der Waals surface area contributed by atoms with Crippen LogP contribution in [0.2, 0.25) is 0 Å². The van der Waals surface area contributed by atoms with Gasteiger partial charge in [0.2, 0.25) is 0 Å². The standard InChI is InChI=1S/C21H29N3O3/c1-4-27-18-13-17(21(18)9-6-10-21)23(3)19(25)15-7-5-8-16(14(15)2)24-12-11-22-20(24)26/h5,7-8,17-18H,4,6,9-13H2,1-3H3,(H,22,26)/t17-,18+/m0/s1. The van der Waals surface area contributed by atoms with E-state index in [1.165, 1.54) is 6.42 Å². The van der Waals surface area contributed by atoms with Gasteiger partial charge in [-0.2, -0.15) is 0 Å². The highest BCUT2D eigenvalue weighted by molar-refractivity contribution is 6.00. The Labute approximate surface area is 160 Å². The molecule has 2 saturated carbocycles. The summed E-state index contributed by atoms with van der Waals surface area (Å²) in [4.78, 5) is 29.0. The highest BCUT2D eigenvalue weighted by Gasteiger charge is 2.60. The van der Waals surface area contributed by atoms with Gasteiger partial charge in [0, 0.05) is 49.5 Å². The minimum absolute atomic E-state index is 0.0418. The van der Waals surface area contributed by atoms with Crippen molar-refractivity contribution in [1.82, 2.24) is 10.2 Å². The molecule has 0 bridgehead atoms. The molecule has 1 heterocycles. The molecule has 1 spiro atoms. The van der Waals surface area contributed by atoms with Crippen LogP contribution in [0.4, 0.5) is 10.5 Å². The maximum atomic E-state index is 13.3. The Bertz CT molecular complexity index is 759. The number of amides is 3. The molecule has 6 heteroatoms. The summed E-state index contributed by atoms with van der Waals surface area (Å²) < 4.78 is 5.93. The molecule has 4 rings (SSSR count). The van der Waals surface area contributed by atoms with Gasteiger partial charge in [-0.1, -0.05) is 12.5 Å². The molecule has 3 aliphatic rings. The van der Waals surface area contributed by atoms with E-state index < -0.39 is 0 Å². The molecule has 1 N–H and O–H groups in total. The quantitative estimate of drug-likeness (QED) is 0.866. The maximum Gasteiger partial charge on any atom is 0.322 e. The molecule has 0 radical (unpaired) electrons. The summed E-state index contributed by atoms with van der Waals surface area (Å²) in [7, 11) is 1.92. The van der Waals surface area contributed by atoms with Crippen molar-refractivity contribution in [1.29, 1.82) is 0 Å². The first-order valence-corrected chi connectivity index (χ1v) is 10.0. The van der Waals surface area contributed by atoms with Crippen molar-refractivity contribution in [2.75, 3.05) is 31.6 Å². The van der Waals surface area contributed by atoms with Gasteiger partial charge in [-0.05, 0) is 50.8 Å². The number of anilines is 1. The van der Waals surface area contributed by atoms with Gasteiger partial charge in [0.15, 0.2) is 0 Å². The summed E-state index contributed by atoms with van der Waals surface area (Å²) in [5, 5.41) is 2.82. The van der Waals surface area contributed by atoms with E-state index >= 15 is 0 Å². The average molecular weight is 371 g/mol. The Morgan fingerprint density at radius 2 is 2.19 bits per heavy atom. The van der Waals surface area contributed by atoms with Gasteiger partial charge in [0.05, 0.1) is 6.10 Å². The van der Waals surface area contributed by atoms with E-state index in [0.29, 0.717) is 18.7 Å². The number of ether oxygens (including phenoxy) is 1. The van der Waals surface area contributed by atoms with E-state index in [0.717, 1.165) is 37.1 Å². The lowest BCUT2D eigenvalue weighted by atomic mass is 9.50. The van der Waals surface area contributed by atoms with Crippen molar-refractivity contribution in [3.8, 4) is 0 Å². The lowest BCUT2D eigenvalue weighted by molar-refractivity contribution is -0.192. The average Bonchev–Trinajstić information content (AvgIpc) is 3.02. The van der Waals surface area contributed by atoms with Crippen molar-refractivity contribution in [3.05, 3.63) is 29.3 Å². The highest BCUT2D eigenvalue weighted by atomic mass is 16.5. The van der Waals surface area contributed by atoms with Crippen LogP contribution >= 0.6 is 0 Å². The van der Waals surface area contributed by atoms with E-state index in [2.05, 4.69) is 5.32 Å². The summed E-state index contributed by atoms with van der Waals surface area (Å²) >= 11 is 0. The molecule has 6 nitrogen and oxygen atoms in total. The Balaban J connectivity index is 1.56. The lowest BCUT2D eigenvalue weighted by Crippen LogP contribution is -2.67. The fourth-order valence-corrected chi connectivity index (χ4v) is 5.13. The zero-order valence-electron chi connectivity index (χ0n) is 16.5. The van der Waals surface area contributed by atoms with E-state index in [-0.39, 0.29) is 29.5 Å². The third-order valence-corrected chi connectivity index (χ3v) is 6.87. The number of rotatable bonds is 5. The predicted molar refractivity (Wildman–Crippen MR) is 104 cm³/mol. The molecule has 146 valence electrons. The van der Waals surface area contributed by atoms with Gasteiger partial charge in [0.25, 0.3) is 5.91 Å². The molecule has 1 aliphatic heterocycles. The molecule has 1 saturated heterocycles. The minimum Gasteiger partial charge on any atom is -0.378 e. The maximum absolute atomic E-state index is 13.3. The number of carbonyl (C=O) groups is 2. The van der Waals surface area contributed by atoms with Crippen LogP contribution in [0.3, 0.4) is 0 Å². The zero-order valence-corrected chi connectivity index (χ0v) is 16.5. The van der Waals surface area contributed by atoms with E-state index in [9.17, 15) is 9.59 Å². The number of carbonyl (C=O) groups excluding carboxylic acids is 2. The van der Waals surface area contributed by atoms with Crippen molar-refractivity contribution in [3.63, 3.8) is 0 Å². The van der Waals surface area contributed by atoms with Crippen LogP contribution in [0.5, 0.6) is 0 Å². The third kappa shape index (κ3) is 2.73. The van der Waals surface area contributed by atoms with E-state index in [4.69, 9.17) is 4.74 Å². The van der Waals surface area contributed by atoms with Gasteiger partial charge in [0.1, 0.15) is 0 Å². The molecule has 0 aromatic heterocycles.